The van der Waals surface area contributed by atoms with Crippen LogP contribution in [0, 0.1) is 34.5 Å². The van der Waals surface area contributed by atoms with Gasteiger partial charge in [-0.25, -0.2) is 4.79 Å². The Kier molecular flexibility index (Phi) is 6.04. The summed E-state index contributed by atoms with van der Waals surface area (Å²) in [6.07, 6.45) is 8.33. The van der Waals surface area contributed by atoms with E-state index >= 15 is 0 Å². The summed E-state index contributed by atoms with van der Waals surface area (Å²) in [6.45, 7) is 10.0. The van der Waals surface area contributed by atoms with Crippen molar-refractivity contribution in [3.05, 3.63) is 22.8 Å². The molecule has 0 aliphatic heterocycles. The summed E-state index contributed by atoms with van der Waals surface area (Å²) in [6, 6.07) is 0. The first-order chi connectivity index (χ1) is 15.3. The molecule has 0 amide bonds. The summed E-state index contributed by atoms with van der Waals surface area (Å²) >= 11 is 0. The summed E-state index contributed by atoms with van der Waals surface area (Å²) in [5, 5.41) is 20.7. The Morgan fingerprint density at radius 3 is 2.52 bits per heavy atom. The smallest absolute Gasteiger partial charge is 0.330 e. The highest BCUT2D eigenvalue weighted by molar-refractivity contribution is 5.97. The number of fused-ring (bicyclic) bond motifs is 5. The number of allylic oxidation sites excluding steroid dienone is 2. The topological polar surface area (TPSA) is 91.7 Å². The third-order valence-corrected chi connectivity index (χ3v) is 10.6. The van der Waals surface area contributed by atoms with Gasteiger partial charge >= 0.3 is 5.97 Å². The second-order valence-electron chi connectivity index (χ2n) is 12.0. The van der Waals surface area contributed by atoms with Crippen molar-refractivity contribution in [1.82, 2.24) is 0 Å². The number of carboxylic acids is 1. The first-order valence-electron chi connectivity index (χ1n) is 12.7. The van der Waals surface area contributed by atoms with Gasteiger partial charge in [0.2, 0.25) is 0 Å². The van der Waals surface area contributed by atoms with E-state index in [4.69, 9.17) is 5.11 Å². The van der Waals surface area contributed by atoms with Crippen LogP contribution < -0.4 is 0 Å². The third kappa shape index (κ3) is 3.66. The maximum absolute atomic E-state index is 13.7. The third-order valence-electron chi connectivity index (χ3n) is 10.6. The number of ketones is 2. The molecule has 0 saturated heterocycles. The maximum atomic E-state index is 13.7. The largest absolute Gasteiger partial charge is 0.478 e. The molecule has 0 aromatic carbocycles. The van der Waals surface area contributed by atoms with Gasteiger partial charge in [-0.05, 0) is 99.9 Å². The molecule has 5 heteroatoms. The van der Waals surface area contributed by atoms with Crippen LogP contribution in [-0.2, 0) is 14.4 Å². The van der Waals surface area contributed by atoms with Crippen LogP contribution in [-0.4, -0.2) is 33.3 Å². The molecule has 0 spiro atoms. The van der Waals surface area contributed by atoms with Crippen LogP contribution >= 0.6 is 0 Å². The van der Waals surface area contributed by atoms with Gasteiger partial charge in [-0.2, -0.15) is 0 Å². The minimum Gasteiger partial charge on any atom is -0.478 e. The Hall–Kier alpha value is -1.75. The quantitative estimate of drug-likeness (QED) is 0.550. The van der Waals surface area contributed by atoms with Crippen molar-refractivity contribution in [2.45, 2.75) is 98.0 Å². The van der Waals surface area contributed by atoms with Crippen LogP contribution in [0.25, 0.3) is 0 Å². The van der Waals surface area contributed by atoms with Gasteiger partial charge in [-0.15, -0.1) is 0 Å². The standard InChI is InChI=1S/C28H40O5/c1-16(25(31)32)7-6-13-28(5,33)23-12-14-26(3)20-10-8-18-17(2)21(29)11-9-19(18)24(20)22(30)15-27(23,26)4/h7,19-20,23-24,33H,6,8-15H2,1-5H3,(H,31,32)/b16-7+/t19-,20+,23-,24?,26?,27+,28-/m0/s1. The molecule has 5 nitrogen and oxygen atoms in total. The summed E-state index contributed by atoms with van der Waals surface area (Å²) in [7, 11) is 0. The van der Waals surface area contributed by atoms with E-state index in [-0.39, 0.29) is 34.4 Å². The fourth-order valence-corrected chi connectivity index (χ4v) is 8.51. The van der Waals surface area contributed by atoms with E-state index in [9.17, 15) is 19.5 Å². The Morgan fingerprint density at radius 2 is 1.85 bits per heavy atom. The van der Waals surface area contributed by atoms with Crippen molar-refractivity contribution in [3.63, 3.8) is 0 Å². The van der Waals surface area contributed by atoms with E-state index in [1.54, 1.807) is 13.0 Å². The molecule has 3 saturated carbocycles. The minimum absolute atomic E-state index is 0.00467. The molecular formula is C28H40O5. The molecule has 0 radical (unpaired) electrons. The SMILES string of the molecule is CC1=C2CC[C@@H]3C(C(=O)C[C@]4(C)[C@@H]([C@@](C)(O)CC/C=C(\C)C(=O)O)CCC34C)[C@H]2CCC1=O. The Bertz CT molecular complexity index is 940. The molecule has 4 aliphatic rings. The van der Waals surface area contributed by atoms with Crippen LogP contribution in [0.5, 0.6) is 0 Å². The fraction of sp³-hybridized carbons (Fsp3) is 0.750. The predicted octanol–water partition coefficient (Wildman–Crippen LogP) is 5.27. The van der Waals surface area contributed by atoms with Crippen molar-refractivity contribution >= 4 is 17.5 Å². The highest BCUT2D eigenvalue weighted by atomic mass is 16.4. The molecule has 0 heterocycles. The highest BCUT2D eigenvalue weighted by Gasteiger charge is 2.67. The fourth-order valence-electron chi connectivity index (χ4n) is 8.51. The second kappa shape index (κ2) is 8.18. The zero-order valence-electron chi connectivity index (χ0n) is 20.9. The normalized spacial score (nSPS) is 40.7. The Balaban J connectivity index is 1.61. The number of hydrogen-bond acceptors (Lipinski definition) is 4. The minimum atomic E-state index is -0.956. The number of aliphatic hydroxyl groups is 1. The molecule has 4 aliphatic carbocycles. The molecule has 182 valence electrons. The van der Waals surface area contributed by atoms with Crippen LogP contribution in [0.2, 0.25) is 0 Å². The monoisotopic (exact) mass is 456 g/mol. The average Bonchev–Trinajstić information content (AvgIpc) is 3.02. The number of hydrogen-bond donors (Lipinski definition) is 2. The lowest BCUT2D eigenvalue weighted by atomic mass is 9.43. The van der Waals surface area contributed by atoms with Crippen molar-refractivity contribution in [2.75, 3.05) is 0 Å². The number of aliphatic carboxylic acids is 1. The molecule has 33 heavy (non-hydrogen) atoms. The first kappa shape index (κ1) is 24.4. The van der Waals surface area contributed by atoms with Crippen molar-refractivity contribution in [3.8, 4) is 0 Å². The van der Waals surface area contributed by atoms with E-state index in [2.05, 4.69) is 13.8 Å². The van der Waals surface area contributed by atoms with Crippen molar-refractivity contribution < 1.29 is 24.6 Å². The van der Waals surface area contributed by atoms with Gasteiger partial charge < -0.3 is 10.2 Å². The lowest BCUT2D eigenvalue weighted by molar-refractivity contribution is -0.162. The maximum Gasteiger partial charge on any atom is 0.330 e. The average molecular weight is 457 g/mol. The Morgan fingerprint density at radius 1 is 1.15 bits per heavy atom. The molecule has 0 aromatic heterocycles. The molecule has 2 N–H and O–H groups in total. The number of carbonyl (C=O) groups is 3. The van der Waals surface area contributed by atoms with Gasteiger partial charge in [-0.3, -0.25) is 9.59 Å². The predicted molar refractivity (Wildman–Crippen MR) is 126 cm³/mol. The van der Waals surface area contributed by atoms with Gasteiger partial charge in [0, 0.05) is 24.3 Å². The van der Waals surface area contributed by atoms with Crippen LogP contribution in [0.1, 0.15) is 92.4 Å². The molecular weight excluding hydrogens is 416 g/mol. The zero-order chi connectivity index (χ0) is 24.3. The summed E-state index contributed by atoms with van der Waals surface area (Å²) in [4.78, 5) is 37.2. The molecule has 0 aromatic rings. The summed E-state index contributed by atoms with van der Waals surface area (Å²) in [5.74, 6) is 0.193. The van der Waals surface area contributed by atoms with Gasteiger partial charge in [-0.1, -0.05) is 25.5 Å². The molecule has 0 bridgehead atoms. The first-order valence-corrected chi connectivity index (χ1v) is 12.7. The van der Waals surface area contributed by atoms with E-state index in [1.165, 1.54) is 5.57 Å². The molecule has 7 atom stereocenters. The lowest BCUT2D eigenvalue weighted by Gasteiger charge is -2.60. The van der Waals surface area contributed by atoms with E-state index in [0.717, 1.165) is 37.7 Å². The van der Waals surface area contributed by atoms with E-state index in [1.807, 2.05) is 13.8 Å². The van der Waals surface area contributed by atoms with Crippen LogP contribution in [0.15, 0.2) is 22.8 Å². The zero-order valence-corrected chi connectivity index (χ0v) is 20.9. The van der Waals surface area contributed by atoms with E-state index in [0.29, 0.717) is 43.0 Å². The second-order valence-corrected chi connectivity index (χ2v) is 12.0. The van der Waals surface area contributed by atoms with Gasteiger partial charge in [0.05, 0.1) is 5.60 Å². The van der Waals surface area contributed by atoms with Crippen LogP contribution in [0.4, 0.5) is 0 Å². The lowest BCUT2D eigenvalue weighted by Crippen LogP contribution is -2.59. The van der Waals surface area contributed by atoms with Gasteiger partial charge in [0.25, 0.3) is 0 Å². The van der Waals surface area contributed by atoms with Gasteiger partial charge in [0.15, 0.2) is 5.78 Å². The molecule has 3 fully saturated rings. The van der Waals surface area contributed by atoms with Crippen molar-refractivity contribution in [1.29, 1.82) is 0 Å². The number of rotatable bonds is 5. The van der Waals surface area contributed by atoms with Crippen molar-refractivity contribution in [2.24, 2.45) is 34.5 Å². The van der Waals surface area contributed by atoms with Gasteiger partial charge in [0.1, 0.15) is 5.78 Å². The van der Waals surface area contributed by atoms with E-state index < -0.39 is 11.6 Å². The summed E-state index contributed by atoms with van der Waals surface area (Å²) < 4.78 is 0. The summed E-state index contributed by atoms with van der Waals surface area (Å²) in [5.41, 5.74) is 1.21. The highest BCUT2D eigenvalue weighted by Crippen LogP contribution is 2.71. The number of Topliss-reactive ketones (excluding diaryl/α,β-unsaturated/α-hetero) is 2. The number of carbonyl (C=O) groups excluding carboxylic acids is 2. The molecule has 2 unspecified atom stereocenters. The number of carboxylic acid groups (broad SMARTS) is 1. The van der Waals surface area contributed by atoms with Crippen LogP contribution in [0.3, 0.4) is 0 Å². The Labute approximate surface area is 197 Å². The molecule has 4 rings (SSSR count).